The van der Waals surface area contributed by atoms with E-state index >= 15 is 0 Å². The highest BCUT2D eigenvalue weighted by Crippen LogP contribution is 2.06. The summed E-state index contributed by atoms with van der Waals surface area (Å²) >= 11 is 0. The van der Waals surface area contributed by atoms with Crippen LogP contribution in [0.4, 0.5) is 5.69 Å². The molecule has 0 radical (unpaired) electrons. The first kappa shape index (κ1) is 21.2. The third-order valence-electron chi connectivity index (χ3n) is 3.78. The summed E-state index contributed by atoms with van der Waals surface area (Å²) < 4.78 is 2.07. The fourth-order valence-electron chi connectivity index (χ4n) is 2.56. The summed E-state index contributed by atoms with van der Waals surface area (Å²) in [6.45, 7) is 4.11. The van der Waals surface area contributed by atoms with Crippen LogP contribution in [-0.2, 0) is 13.0 Å². The summed E-state index contributed by atoms with van der Waals surface area (Å²) in [5.74, 6) is 0.887. The molecule has 1 amide bonds. The Bertz CT molecular complexity index is 626. The van der Waals surface area contributed by atoms with E-state index in [1.807, 2.05) is 18.3 Å². The highest BCUT2D eigenvalue weighted by molar-refractivity contribution is 5.92. The maximum absolute atomic E-state index is 12.1. The average Bonchev–Trinajstić information content (AvgIpc) is 2.86. The van der Waals surface area contributed by atoms with E-state index in [9.17, 15) is 4.79 Å². The van der Waals surface area contributed by atoms with Crippen molar-refractivity contribution in [2.75, 3.05) is 31.5 Å². The summed E-state index contributed by atoms with van der Waals surface area (Å²) in [7, 11) is 0. The van der Waals surface area contributed by atoms with Gasteiger partial charge in [0.15, 0.2) is 0 Å². The number of fused-ring (bicyclic) bond motifs is 1. The molecule has 0 unspecified atom stereocenters. The van der Waals surface area contributed by atoms with Crippen molar-refractivity contribution >= 4 is 36.4 Å². The lowest BCUT2D eigenvalue weighted by atomic mass is 10.3. The van der Waals surface area contributed by atoms with Crippen LogP contribution in [0.3, 0.4) is 0 Å². The molecule has 0 aliphatic carbocycles. The van der Waals surface area contributed by atoms with Crippen LogP contribution >= 0.6 is 24.8 Å². The molecule has 2 aromatic rings. The Morgan fingerprint density at radius 3 is 2.96 bits per heavy atom. The summed E-state index contributed by atoms with van der Waals surface area (Å²) in [5.41, 5.74) is 1.51. The van der Waals surface area contributed by atoms with Crippen molar-refractivity contribution in [3.8, 4) is 0 Å². The van der Waals surface area contributed by atoms with Crippen molar-refractivity contribution in [1.82, 2.24) is 25.2 Å². The van der Waals surface area contributed by atoms with Gasteiger partial charge < -0.3 is 20.5 Å². The van der Waals surface area contributed by atoms with E-state index in [0.717, 1.165) is 50.5 Å². The van der Waals surface area contributed by atoms with E-state index in [2.05, 4.69) is 30.5 Å². The van der Waals surface area contributed by atoms with E-state index in [-0.39, 0.29) is 30.7 Å². The van der Waals surface area contributed by atoms with E-state index in [4.69, 9.17) is 0 Å². The first-order valence-electron chi connectivity index (χ1n) is 8.02. The van der Waals surface area contributed by atoms with Gasteiger partial charge in [0, 0.05) is 57.7 Å². The minimum Gasteiger partial charge on any atom is -0.384 e. The Hall–Kier alpha value is -1.83. The minimum atomic E-state index is -0.0973. The number of amides is 1. The largest absolute Gasteiger partial charge is 0.384 e. The molecule has 0 bridgehead atoms. The molecule has 0 fully saturated rings. The SMILES string of the molecule is Cl.Cl.O=C(NCCCNc1cccnc1)c1cn2c(n1)CCNCC2. The van der Waals surface area contributed by atoms with Gasteiger partial charge in [-0.2, -0.15) is 0 Å². The molecule has 1 aliphatic rings. The van der Waals surface area contributed by atoms with Crippen molar-refractivity contribution in [2.45, 2.75) is 19.4 Å². The van der Waals surface area contributed by atoms with Crippen LogP contribution < -0.4 is 16.0 Å². The number of nitrogens with zero attached hydrogens (tertiary/aromatic N) is 3. The molecule has 138 valence electrons. The van der Waals surface area contributed by atoms with Crippen molar-refractivity contribution in [3.05, 3.63) is 42.2 Å². The number of hydrogen-bond donors (Lipinski definition) is 3. The van der Waals surface area contributed by atoms with Gasteiger partial charge >= 0.3 is 0 Å². The number of aromatic nitrogens is 3. The molecule has 25 heavy (non-hydrogen) atoms. The van der Waals surface area contributed by atoms with Crippen molar-refractivity contribution in [3.63, 3.8) is 0 Å². The first-order chi connectivity index (χ1) is 11.3. The number of hydrogen-bond acceptors (Lipinski definition) is 5. The number of carbonyl (C=O) groups is 1. The average molecular weight is 387 g/mol. The van der Waals surface area contributed by atoms with Crippen LogP contribution in [0, 0.1) is 0 Å². The van der Waals surface area contributed by atoms with Gasteiger partial charge in [-0.3, -0.25) is 9.78 Å². The fourth-order valence-corrected chi connectivity index (χ4v) is 2.56. The third kappa shape index (κ3) is 6.19. The normalized spacial score (nSPS) is 12.8. The lowest BCUT2D eigenvalue weighted by molar-refractivity contribution is 0.0949. The molecule has 3 heterocycles. The highest BCUT2D eigenvalue weighted by Gasteiger charge is 2.15. The number of nitrogens with one attached hydrogen (secondary N) is 3. The quantitative estimate of drug-likeness (QED) is 0.655. The van der Waals surface area contributed by atoms with Crippen molar-refractivity contribution in [1.29, 1.82) is 0 Å². The standard InChI is InChI=1S/C16H22N6O.2ClH/c23-16(14-12-22-10-9-17-8-4-15(22)21-14)20-7-2-6-19-13-3-1-5-18-11-13;;/h1,3,5,11-12,17,19H,2,4,6-10H2,(H,20,23);2*1H. The molecule has 1 aliphatic heterocycles. The maximum atomic E-state index is 12.1. The molecule has 7 nitrogen and oxygen atoms in total. The summed E-state index contributed by atoms with van der Waals surface area (Å²) in [6.07, 6.45) is 7.09. The van der Waals surface area contributed by atoms with Crippen LogP contribution in [0.15, 0.2) is 30.7 Å². The van der Waals surface area contributed by atoms with E-state index < -0.39 is 0 Å². The molecule has 0 atom stereocenters. The lowest BCUT2D eigenvalue weighted by Crippen LogP contribution is -2.26. The third-order valence-corrected chi connectivity index (χ3v) is 3.78. The van der Waals surface area contributed by atoms with Crippen LogP contribution in [0.1, 0.15) is 22.7 Å². The lowest BCUT2D eigenvalue weighted by Gasteiger charge is -2.06. The Kier molecular flexibility index (Phi) is 9.26. The molecular formula is C16H24Cl2N6O. The van der Waals surface area contributed by atoms with Gasteiger partial charge in [0.25, 0.3) is 5.91 Å². The van der Waals surface area contributed by atoms with Crippen molar-refractivity contribution in [2.24, 2.45) is 0 Å². The molecule has 3 rings (SSSR count). The van der Waals surface area contributed by atoms with E-state index in [0.29, 0.717) is 12.2 Å². The zero-order valence-electron chi connectivity index (χ0n) is 13.9. The Morgan fingerprint density at radius 2 is 2.16 bits per heavy atom. The predicted octanol–water partition coefficient (Wildman–Crippen LogP) is 1.50. The first-order valence-corrected chi connectivity index (χ1v) is 8.02. The second-order valence-electron chi connectivity index (χ2n) is 5.51. The monoisotopic (exact) mass is 386 g/mol. The molecular weight excluding hydrogens is 363 g/mol. The van der Waals surface area contributed by atoms with E-state index in [1.54, 1.807) is 12.4 Å². The Morgan fingerprint density at radius 1 is 1.28 bits per heavy atom. The molecule has 0 spiro atoms. The summed E-state index contributed by atoms with van der Waals surface area (Å²) in [5, 5.41) is 9.51. The molecule has 9 heteroatoms. The zero-order valence-corrected chi connectivity index (χ0v) is 15.5. The second-order valence-corrected chi connectivity index (χ2v) is 5.51. The molecule has 3 N–H and O–H groups in total. The summed E-state index contributed by atoms with van der Waals surface area (Å²) in [6, 6.07) is 3.86. The number of anilines is 1. The van der Waals surface area contributed by atoms with Crippen LogP contribution in [0.2, 0.25) is 0 Å². The van der Waals surface area contributed by atoms with Gasteiger partial charge in [-0.05, 0) is 18.6 Å². The van der Waals surface area contributed by atoms with Crippen molar-refractivity contribution < 1.29 is 4.79 Å². The topological polar surface area (TPSA) is 83.9 Å². The number of imidazole rings is 1. The second kappa shape index (κ2) is 10.9. The van der Waals surface area contributed by atoms with Gasteiger partial charge in [-0.15, -0.1) is 24.8 Å². The van der Waals surface area contributed by atoms with Gasteiger partial charge in [-0.25, -0.2) is 4.98 Å². The van der Waals surface area contributed by atoms with E-state index in [1.165, 1.54) is 0 Å². The molecule has 2 aromatic heterocycles. The molecule has 0 saturated carbocycles. The number of carbonyl (C=O) groups excluding carboxylic acids is 1. The number of pyridine rings is 1. The van der Waals surface area contributed by atoms with Gasteiger partial charge in [0.05, 0.1) is 5.69 Å². The predicted molar refractivity (Wildman–Crippen MR) is 103 cm³/mol. The Balaban J connectivity index is 0.00000156. The van der Waals surface area contributed by atoms with Crippen LogP contribution in [0.5, 0.6) is 0 Å². The van der Waals surface area contributed by atoms with Gasteiger partial charge in [0.2, 0.25) is 0 Å². The number of rotatable bonds is 6. The van der Waals surface area contributed by atoms with Crippen LogP contribution in [-0.4, -0.2) is 46.6 Å². The maximum Gasteiger partial charge on any atom is 0.271 e. The van der Waals surface area contributed by atoms with Gasteiger partial charge in [-0.1, -0.05) is 0 Å². The Labute approximate surface area is 159 Å². The highest BCUT2D eigenvalue weighted by atomic mass is 35.5. The summed E-state index contributed by atoms with van der Waals surface area (Å²) in [4.78, 5) is 20.6. The zero-order chi connectivity index (χ0) is 15.9. The van der Waals surface area contributed by atoms with Gasteiger partial charge in [0.1, 0.15) is 11.5 Å². The number of halogens is 2. The smallest absolute Gasteiger partial charge is 0.271 e. The van der Waals surface area contributed by atoms with Crippen LogP contribution in [0.25, 0.3) is 0 Å². The minimum absolute atomic E-state index is 0. The fraction of sp³-hybridized carbons (Fsp3) is 0.438. The molecule has 0 aromatic carbocycles. The molecule has 0 saturated heterocycles.